The number of para-hydroxylation sites is 2. The standard InChI is InChI=1S/C20H16FN3O5/c1-2-29-20(28)17-14(18(25)24(23-17)12-7-4-3-5-8-12)11-22-16-13(19(26)27)9-6-10-15(16)21/h3-11,23H,2H2,1H3,(H,26,27). The molecular weight excluding hydrogens is 381 g/mol. The largest absolute Gasteiger partial charge is 0.478 e. The smallest absolute Gasteiger partial charge is 0.357 e. The first-order valence-electron chi connectivity index (χ1n) is 8.57. The molecule has 8 nitrogen and oxygen atoms in total. The van der Waals surface area contributed by atoms with Crippen LogP contribution in [-0.2, 0) is 4.74 Å². The third kappa shape index (κ3) is 3.98. The number of carbonyl (C=O) groups excluding carboxylic acids is 1. The molecule has 148 valence electrons. The molecule has 9 heteroatoms. The minimum Gasteiger partial charge on any atom is -0.478 e. The summed E-state index contributed by atoms with van der Waals surface area (Å²) in [5, 5.41) is 11.9. The number of carboxylic acid groups (broad SMARTS) is 1. The molecule has 1 heterocycles. The van der Waals surface area contributed by atoms with Crippen molar-refractivity contribution in [3.8, 4) is 5.69 Å². The van der Waals surface area contributed by atoms with Gasteiger partial charge >= 0.3 is 11.9 Å². The zero-order valence-corrected chi connectivity index (χ0v) is 15.3. The number of rotatable bonds is 6. The van der Waals surface area contributed by atoms with E-state index in [0.29, 0.717) is 5.69 Å². The fraction of sp³-hybridized carbons (Fsp3) is 0.100. The van der Waals surface area contributed by atoms with Crippen molar-refractivity contribution < 1.29 is 23.8 Å². The van der Waals surface area contributed by atoms with Crippen molar-refractivity contribution in [1.29, 1.82) is 0 Å². The summed E-state index contributed by atoms with van der Waals surface area (Å²) >= 11 is 0. The molecule has 0 bridgehead atoms. The number of aliphatic imine (C=N–C) groups is 1. The van der Waals surface area contributed by atoms with Gasteiger partial charge in [0.2, 0.25) is 0 Å². The minimum absolute atomic E-state index is 0.0738. The van der Waals surface area contributed by atoms with Crippen LogP contribution < -0.4 is 5.56 Å². The van der Waals surface area contributed by atoms with Gasteiger partial charge in [0.05, 0.1) is 23.4 Å². The summed E-state index contributed by atoms with van der Waals surface area (Å²) in [6, 6.07) is 11.9. The van der Waals surface area contributed by atoms with Crippen molar-refractivity contribution in [2.24, 2.45) is 4.99 Å². The molecule has 0 aliphatic carbocycles. The van der Waals surface area contributed by atoms with Crippen LogP contribution in [0, 0.1) is 5.82 Å². The van der Waals surface area contributed by atoms with E-state index in [2.05, 4.69) is 10.1 Å². The van der Waals surface area contributed by atoms with Gasteiger partial charge in [-0.2, -0.15) is 0 Å². The molecule has 2 aromatic carbocycles. The molecule has 3 rings (SSSR count). The lowest BCUT2D eigenvalue weighted by Crippen LogP contribution is -2.17. The van der Waals surface area contributed by atoms with E-state index in [0.717, 1.165) is 17.0 Å². The highest BCUT2D eigenvalue weighted by Crippen LogP contribution is 2.23. The lowest BCUT2D eigenvalue weighted by atomic mass is 10.1. The van der Waals surface area contributed by atoms with Crippen molar-refractivity contribution >= 4 is 23.8 Å². The molecule has 0 amide bonds. The second kappa shape index (κ2) is 8.34. The summed E-state index contributed by atoms with van der Waals surface area (Å²) in [4.78, 5) is 40.3. The average Bonchev–Trinajstić information content (AvgIpc) is 3.04. The van der Waals surface area contributed by atoms with Gasteiger partial charge in [-0.05, 0) is 31.2 Å². The number of esters is 1. The van der Waals surface area contributed by atoms with Crippen molar-refractivity contribution in [1.82, 2.24) is 9.78 Å². The zero-order chi connectivity index (χ0) is 21.0. The first-order valence-corrected chi connectivity index (χ1v) is 8.57. The van der Waals surface area contributed by atoms with E-state index in [1.54, 1.807) is 37.3 Å². The number of aromatic carboxylic acids is 1. The van der Waals surface area contributed by atoms with Crippen LogP contribution in [-0.4, -0.2) is 39.6 Å². The van der Waals surface area contributed by atoms with E-state index in [-0.39, 0.29) is 23.4 Å². The Kier molecular flexibility index (Phi) is 5.68. The number of nitrogens with zero attached hydrogens (tertiary/aromatic N) is 2. The number of H-pyrrole nitrogens is 1. The normalized spacial score (nSPS) is 11.0. The van der Waals surface area contributed by atoms with Gasteiger partial charge in [-0.1, -0.05) is 24.3 Å². The molecule has 1 aromatic heterocycles. The van der Waals surface area contributed by atoms with Crippen molar-refractivity contribution in [2.45, 2.75) is 6.92 Å². The summed E-state index contributed by atoms with van der Waals surface area (Å²) in [5.41, 5.74) is -1.37. The molecule has 0 spiro atoms. The summed E-state index contributed by atoms with van der Waals surface area (Å²) in [7, 11) is 0. The zero-order valence-electron chi connectivity index (χ0n) is 15.3. The monoisotopic (exact) mass is 397 g/mol. The third-order valence-corrected chi connectivity index (χ3v) is 3.96. The lowest BCUT2D eigenvalue weighted by Gasteiger charge is -2.02. The van der Waals surface area contributed by atoms with E-state index in [1.165, 1.54) is 12.1 Å². The number of ether oxygens (including phenoxy) is 1. The Balaban J connectivity index is 2.15. The Labute approximate surface area is 163 Å². The SMILES string of the molecule is CCOC(=O)c1[nH]n(-c2ccccc2)c(=O)c1C=Nc1c(F)cccc1C(=O)O. The van der Waals surface area contributed by atoms with Gasteiger partial charge in [0.15, 0.2) is 5.69 Å². The quantitative estimate of drug-likeness (QED) is 0.490. The Morgan fingerprint density at radius 2 is 1.93 bits per heavy atom. The molecule has 0 aliphatic rings. The van der Waals surface area contributed by atoms with Crippen LogP contribution in [0.1, 0.15) is 33.3 Å². The molecule has 2 N–H and O–H groups in total. The van der Waals surface area contributed by atoms with Crippen molar-refractivity contribution in [3.63, 3.8) is 0 Å². The van der Waals surface area contributed by atoms with Crippen molar-refractivity contribution in [3.05, 3.63) is 81.5 Å². The van der Waals surface area contributed by atoms with E-state index >= 15 is 0 Å². The number of aromatic amines is 1. The first-order chi connectivity index (χ1) is 13.9. The van der Waals surface area contributed by atoms with Crippen LogP contribution in [0.2, 0.25) is 0 Å². The highest BCUT2D eigenvalue weighted by atomic mass is 19.1. The highest BCUT2D eigenvalue weighted by Gasteiger charge is 2.21. The lowest BCUT2D eigenvalue weighted by molar-refractivity contribution is 0.0518. The maximum absolute atomic E-state index is 14.1. The maximum Gasteiger partial charge on any atom is 0.357 e. The van der Waals surface area contributed by atoms with Gasteiger partial charge in [-0.3, -0.25) is 14.9 Å². The van der Waals surface area contributed by atoms with E-state index in [9.17, 15) is 23.9 Å². The number of carboxylic acids is 1. The number of hydrogen-bond acceptors (Lipinski definition) is 5. The number of halogens is 1. The summed E-state index contributed by atoms with van der Waals surface area (Å²) in [6.07, 6.45) is 0.954. The van der Waals surface area contributed by atoms with E-state index in [1.807, 2.05) is 0 Å². The molecule has 0 saturated heterocycles. The van der Waals surface area contributed by atoms with Gasteiger partial charge in [0.1, 0.15) is 11.5 Å². The molecule has 0 unspecified atom stereocenters. The Morgan fingerprint density at radius 1 is 1.21 bits per heavy atom. The van der Waals surface area contributed by atoms with Crippen molar-refractivity contribution in [2.75, 3.05) is 6.61 Å². The second-order valence-corrected chi connectivity index (χ2v) is 5.80. The van der Waals surface area contributed by atoms with E-state index in [4.69, 9.17) is 4.74 Å². The number of benzene rings is 2. The molecule has 0 atom stereocenters. The molecular formula is C20H16FN3O5. The second-order valence-electron chi connectivity index (χ2n) is 5.80. The van der Waals surface area contributed by atoms with E-state index < -0.39 is 29.0 Å². The fourth-order valence-corrected chi connectivity index (χ4v) is 2.64. The van der Waals surface area contributed by atoms with Gasteiger partial charge in [0, 0.05) is 6.21 Å². The van der Waals surface area contributed by atoms with Crippen LogP contribution in [0.4, 0.5) is 10.1 Å². The fourth-order valence-electron chi connectivity index (χ4n) is 2.64. The highest BCUT2D eigenvalue weighted by molar-refractivity contribution is 5.99. The van der Waals surface area contributed by atoms with Gasteiger partial charge in [-0.15, -0.1) is 0 Å². The maximum atomic E-state index is 14.1. The minimum atomic E-state index is -1.38. The number of nitrogens with one attached hydrogen (secondary N) is 1. The van der Waals surface area contributed by atoms with Crippen LogP contribution in [0.15, 0.2) is 58.3 Å². The molecule has 0 saturated carbocycles. The van der Waals surface area contributed by atoms with Crippen LogP contribution >= 0.6 is 0 Å². The Morgan fingerprint density at radius 3 is 2.59 bits per heavy atom. The number of carbonyl (C=O) groups is 2. The molecule has 29 heavy (non-hydrogen) atoms. The summed E-state index contributed by atoms with van der Waals surface area (Å²) in [6.45, 7) is 1.68. The number of hydrogen-bond donors (Lipinski definition) is 2. The van der Waals surface area contributed by atoms with Gasteiger partial charge in [0.25, 0.3) is 5.56 Å². The predicted molar refractivity (Wildman–Crippen MR) is 103 cm³/mol. The van der Waals surface area contributed by atoms with Crippen LogP contribution in [0.5, 0.6) is 0 Å². The Bertz CT molecular complexity index is 1150. The third-order valence-electron chi connectivity index (χ3n) is 3.96. The molecule has 0 fully saturated rings. The average molecular weight is 397 g/mol. The predicted octanol–water partition coefficient (Wildman–Crippen LogP) is 2.93. The number of aromatic nitrogens is 2. The molecule has 0 radical (unpaired) electrons. The summed E-state index contributed by atoms with van der Waals surface area (Å²) < 4.78 is 20.2. The van der Waals surface area contributed by atoms with Gasteiger partial charge < -0.3 is 9.84 Å². The molecule has 3 aromatic rings. The van der Waals surface area contributed by atoms with Crippen LogP contribution in [0.25, 0.3) is 5.69 Å². The first kappa shape index (κ1) is 19.7. The van der Waals surface area contributed by atoms with Crippen LogP contribution in [0.3, 0.4) is 0 Å². The van der Waals surface area contributed by atoms with Gasteiger partial charge in [-0.25, -0.2) is 18.7 Å². The summed E-state index contributed by atoms with van der Waals surface area (Å²) in [5.74, 6) is -3.05. The molecule has 0 aliphatic heterocycles. The Hall–Kier alpha value is -4.01. The topological polar surface area (TPSA) is 114 Å².